The van der Waals surface area contributed by atoms with Crippen LogP contribution < -0.4 is 0 Å². The molecule has 0 saturated carbocycles. The summed E-state index contributed by atoms with van der Waals surface area (Å²) in [5.41, 5.74) is 4.29. The molecular weight excluding hydrogens is 380 g/mol. The zero-order chi connectivity index (χ0) is 19.5. The van der Waals surface area contributed by atoms with Gasteiger partial charge in [0, 0.05) is 5.56 Å². The van der Waals surface area contributed by atoms with Crippen LogP contribution in [0.25, 0.3) is 22.4 Å². The molecule has 0 spiro atoms. The van der Waals surface area contributed by atoms with Gasteiger partial charge in [-0.1, -0.05) is 89.7 Å². The number of thioether (sulfide) groups is 1. The Balaban J connectivity index is 1.40. The number of para-hydroxylation sites is 2. The molecule has 5 aromatic rings. The van der Waals surface area contributed by atoms with Gasteiger partial charge >= 0.3 is 0 Å². The molecule has 2 heterocycles. The van der Waals surface area contributed by atoms with Crippen molar-refractivity contribution in [2.24, 2.45) is 0 Å². The van der Waals surface area contributed by atoms with Crippen molar-refractivity contribution in [1.29, 1.82) is 0 Å². The fourth-order valence-electron chi connectivity index (χ4n) is 3.23. The predicted molar refractivity (Wildman–Crippen MR) is 115 cm³/mol. The summed E-state index contributed by atoms with van der Waals surface area (Å²) in [6.45, 7) is 0.767. The van der Waals surface area contributed by atoms with E-state index >= 15 is 0 Å². The van der Waals surface area contributed by atoms with Crippen LogP contribution in [0.3, 0.4) is 0 Å². The third-order valence-corrected chi connectivity index (χ3v) is 5.59. The van der Waals surface area contributed by atoms with E-state index in [9.17, 15) is 0 Å². The van der Waals surface area contributed by atoms with Crippen LogP contribution in [0.5, 0.6) is 0 Å². The Bertz CT molecular complexity index is 1230. The van der Waals surface area contributed by atoms with Crippen molar-refractivity contribution in [3.63, 3.8) is 0 Å². The molecular formula is C23H18N4OS. The van der Waals surface area contributed by atoms with E-state index in [0.29, 0.717) is 17.5 Å². The average molecular weight is 398 g/mol. The number of benzene rings is 3. The molecule has 0 amide bonds. The molecule has 5 rings (SSSR count). The lowest BCUT2D eigenvalue weighted by atomic mass is 10.2. The van der Waals surface area contributed by atoms with Gasteiger partial charge in [0.2, 0.25) is 11.7 Å². The van der Waals surface area contributed by atoms with Crippen LogP contribution in [-0.2, 0) is 12.3 Å². The second kappa shape index (κ2) is 7.93. The molecule has 0 aliphatic carbocycles. The van der Waals surface area contributed by atoms with Crippen molar-refractivity contribution in [3.8, 4) is 11.4 Å². The standard InChI is InChI=1S/C23H18N4OS/c1-3-9-17(10-4-1)15-27-20-14-8-7-13-19(20)24-23(27)29-16-21-25-22(26-28-21)18-11-5-2-6-12-18/h1-14H,15-16H2. The first-order valence-electron chi connectivity index (χ1n) is 9.37. The zero-order valence-corrected chi connectivity index (χ0v) is 16.4. The van der Waals surface area contributed by atoms with E-state index in [1.165, 1.54) is 5.56 Å². The van der Waals surface area contributed by atoms with Crippen LogP contribution in [0.1, 0.15) is 11.5 Å². The van der Waals surface area contributed by atoms with Crippen molar-refractivity contribution in [2.75, 3.05) is 0 Å². The Hall–Kier alpha value is -3.38. The molecule has 5 nitrogen and oxygen atoms in total. The molecule has 0 bridgehead atoms. The molecule has 0 saturated heterocycles. The average Bonchev–Trinajstić information content (AvgIpc) is 3.39. The van der Waals surface area contributed by atoms with Gasteiger partial charge in [0.05, 0.1) is 23.3 Å². The molecule has 142 valence electrons. The molecule has 6 heteroatoms. The summed E-state index contributed by atoms with van der Waals surface area (Å²) in [4.78, 5) is 9.35. The van der Waals surface area contributed by atoms with Gasteiger partial charge in [-0.25, -0.2) is 4.98 Å². The summed E-state index contributed by atoms with van der Waals surface area (Å²) in [7, 11) is 0. The highest BCUT2D eigenvalue weighted by molar-refractivity contribution is 7.98. The number of imidazole rings is 1. The monoisotopic (exact) mass is 398 g/mol. The summed E-state index contributed by atoms with van der Waals surface area (Å²) in [5, 5.41) is 5.04. The molecule has 29 heavy (non-hydrogen) atoms. The number of hydrogen-bond donors (Lipinski definition) is 0. The second-order valence-electron chi connectivity index (χ2n) is 6.62. The van der Waals surface area contributed by atoms with Gasteiger partial charge in [0.25, 0.3) is 0 Å². The normalized spacial score (nSPS) is 11.2. The van der Waals surface area contributed by atoms with Crippen LogP contribution in [0.15, 0.2) is 94.6 Å². The molecule has 0 atom stereocenters. The van der Waals surface area contributed by atoms with E-state index < -0.39 is 0 Å². The summed E-state index contributed by atoms with van der Waals surface area (Å²) >= 11 is 1.61. The summed E-state index contributed by atoms with van der Waals surface area (Å²) in [6, 6.07) is 28.5. The van der Waals surface area contributed by atoms with E-state index in [1.807, 2.05) is 54.6 Å². The van der Waals surface area contributed by atoms with Crippen LogP contribution in [0.4, 0.5) is 0 Å². The Morgan fingerprint density at radius 2 is 1.52 bits per heavy atom. The number of nitrogens with zero attached hydrogens (tertiary/aromatic N) is 4. The van der Waals surface area contributed by atoms with Gasteiger partial charge in [-0.2, -0.15) is 4.98 Å². The Labute approximate surface area is 172 Å². The van der Waals surface area contributed by atoms with Gasteiger partial charge in [0.15, 0.2) is 5.16 Å². The lowest BCUT2D eigenvalue weighted by molar-refractivity contribution is 0.391. The first-order chi connectivity index (χ1) is 14.4. The third-order valence-electron chi connectivity index (χ3n) is 4.63. The Morgan fingerprint density at radius 3 is 2.34 bits per heavy atom. The smallest absolute Gasteiger partial charge is 0.237 e. The minimum Gasteiger partial charge on any atom is -0.338 e. The zero-order valence-electron chi connectivity index (χ0n) is 15.6. The van der Waals surface area contributed by atoms with Gasteiger partial charge in [-0.05, 0) is 17.7 Å². The Morgan fingerprint density at radius 1 is 0.793 bits per heavy atom. The van der Waals surface area contributed by atoms with Crippen molar-refractivity contribution in [1.82, 2.24) is 19.7 Å². The molecule has 0 aliphatic heterocycles. The SMILES string of the molecule is c1ccc(Cn2c(SCc3nc(-c4ccccc4)no3)nc3ccccc32)cc1. The summed E-state index contributed by atoms with van der Waals surface area (Å²) < 4.78 is 7.69. The largest absolute Gasteiger partial charge is 0.338 e. The van der Waals surface area contributed by atoms with E-state index in [-0.39, 0.29) is 0 Å². The van der Waals surface area contributed by atoms with Crippen LogP contribution >= 0.6 is 11.8 Å². The summed E-state index contributed by atoms with van der Waals surface area (Å²) in [6.07, 6.45) is 0. The van der Waals surface area contributed by atoms with E-state index in [4.69, 9.17) is 9.51 Å². The first kappa shape index (κ1) is 17.7. The fraction of sp³-hybridized carbons (Fsp3) is 0.0870. The molecule has 2 aromatic heterocycles. The maximum Gasteiger partial charge on any atom is 0.237 e. The predicted octanol–water partition coefficient (Wildman–Crippen LogP) is 5.43. The number of fused-ring (bicyclic) bond motifs is 1. The topological polar surface area (TPSA) is 56.7 Å². The van der Waals surface area contributed by atoms with Gasteiger partial charge in [-0.3, -0.25) is 0 Å². The third kappa shape index (κ3) is 3.79. The first-order valence-corrected chi connectivity index (χ1v) is 10.4. The van der Waals surface area contributed by atoms with Crippen LogP contribution in [0.2, 0.25) is 0 Å². The molecule has 0 aliphatic rings. The van der Waals surface area contributed by atoms with Crippen LogP contribution in [-0.4, -0.2) is 19.7 Å². The lowest BCUT2D eigenvalue weighted by Gasteiger charge is -2.08. The number of rotatable bonds is 6. The highest BCUT2D eigenvalue weighted by Crippen LogP contribution is 2.28. The fourth-order valence-corrected chi connectivity index (χ4v) is 4.08. The molecule has 0 fully saturated rings. The second-order valence-corrected chi connectivity index (χ2v) is 7.56. The maximum absolute atomic E-state index is 5.45. The lowest BCUT2D eigenvalue weighted by Crippen LogP contribution is -2.01. The number of aromatic nitrogens is 4. The molecule has 0 radical (unpaired) electrons. The minimum atomic E-state index is 0.567. The highest BCUT2D eigenvalue weighted by atomic mass is 32.2. The molecule has 0 N–H and O–H groups in total. The van der Waals surface area contributed by atoms with Gasteiger partial charge in [-0.15, -0.1) is 0 Å². The maximum atomic E-state index is 5.45. The van der Waals surface area contributed by atoms with E-state index in [2.05, 4.69) is 45.0 Å². The quantitative estimate of drug-likeness (QED) is 0.357. The minimum absolute atomic E-state index is 0.567. The van der Waals surface area contributed by atoms with Gasteiger partial charge < -0.3 is 9.09 Å². The van der Waals surface area contributed by atoms with Crippen LogP contribution in [0, 0.1) is 0 Å². The summed E-state index contributed by atoms with van der Waals surface area (Å²) in [5.74, 6) is 1.77. The van der Waals surface area contributed by atoms with E-state index in [1.54, 1.807) is 11.8 Å². The van der Waals surface area contributed by atoms with Crippen molar-refractivity contribution in [2.45, 2.75) is 17.5 Å². The van der Waals surface area contributed by atoms with E-state index in [0.717, 1.165) is 28.3 Å². The molecule has 3 aromatic carbocycles. The van der Waals surface area contributed by atoms with Crippen molar-refractivity contribution < 1.29 is 4.52 Å². The number of hydrogen-bond acceptors (Lipinski definition) is 5. The highest BCUT2D eigenvalue weighted by Gasteiger charge is 2.14. The van der Waals surface area contributed by atoms with Gasteiger partial charge in [0.1, 0.15) is 0 Å². The van der Waals surface area contributed by atoms with Crippen molar-refractivity contribution in [3.05, 3.63) is 96.4 Å². The van der Waals surface area contributed by atoms with Crippen molar-refractivity contribution >= 4 is 22.8 Å². The Kier molecular flexibility index (Phi) is 4.84. The molecule has 0 unspecified atom stereocenters.